The number of benzene rings is 2. The second-order valence-electron chi connectivity index (χ2n) is 6.90. The van der Waals surface area contributed by atoms with Gasteiger partial charge in [0.2, 0.25) is 20.0 Å². The van der Waals surface area contributed by atoms with E-state index in [0.717, 1.165) is 17.1 Å². The van der Waals surface area contributed by atoms with Crippen molar-refractivity contribution in [3.05, 3.63) is 54.1 Å². The lowest BCUT2D eigenvalue weighted by atomic mass is 10.2. The van der Waals surface area contributed by atoms with Crippen LogP contribution in [0.1, 0.15) is 23.2 Å². The Morgan fingerprint density at radius 2 is 1.55 bits per heavy atom. The summed E-state index contributed by atoms with van der Waals surface area (Å²) < 4.78 is 52.1. The fourth-order valence-electron chi connectivity index (χ4n) is 3.00. The van der Waals surface area contributed by atoms with Gasteiger partial charge in [-0.25, -0.2) is 21.1 Å². The monoisotopic (exact) mass is 437 g/mol. The number of rotatable bonds is 6. The molecule has 1 aliphatic rings. The van der Waals surface area contributed by atoms with Crippen molar-refractivity contribution in [3.63, 3.8) is 0 Å². The third-order valence-corrected chi connectivity index (χ3v) is 8.41. The molecule has 8 nitrogen and oxygen atoms in total. The number of nitrogens with zero attached hydrogens (tertiary/aromatic N) is 2. The maximum atomic E-state index is 12.7. The van der Waals surface area contributed by atoms with Gasteiger partial charge in [0.1, 0.15) is 0 Å². The summed E-state index contributed by atoms with van der Waals surface area (Å²) >= 11 is 0. The van der Waals surface area contributed by atoms with Crippen molar-refractivity contribution in [2.24, 2.45) is 0 Å². The van der Waals surface area contributed by atoms with Gasteiger partial charge >= 0.3 is 0 Å². The molecule has 10 heteroatoms. The highest BCUT2D eigenvalue weighted by Gasteiger charge is 2.27. The van der Waals surface area contributed by atoms with E-state index in [9.17, 15) is 21.6 Å². The highest BCUT2D eigenvalue weighted by Crippen LogP contribution is 2.22. The van der Waals surface area contributed by atoms with E-state index >= 15 is 0 Å². The first-order valence-corrected chi connectivity index (χ1v) is 11.9. The van der Waals surface area contributed by atoms with Crippen molar-refractivity contribution in [1.82, 2.24) is 8.61 Å². The first kappa shape index (κ1) is 21.4. The summed E-state index contributed by atoms with van der Waals surface area (Å²) in [6, 6.07) is 11.7. The van der Waals surface area contributed by atoms with Crippen molar-refractivity contribution >= 4 is 31.6 Å². The quantitative estimate of drug-likeness (QED) is 0.744. The minimum absolute atomic E-state index is 0.0828. The van der Waals surface area contributed by atoms with Crippen molar-refractivity contribution in [1.29, 1.82) is 0 Å². The fraction of sp³-hybridized carbons (Fsp3) is 0.316. The van der Waals surface area contributed by atoms with Crippen molar-refractivity contribution in [2.75, 3.05) is 32.5 Å². The van der Waals surface area contributed by atoms with Crippen LogP contribution in [-0.4, -0.2) is 58.5 Å². The van der Waals surface area contributed by atoms with Crippen LogP contribution in [0.5, 0.6) is 0 Å². The number of nitrogens with one attached hydrogen (secondary N) is 1. The van der Waals surface area contributed by atoms with Crippen LogP contribution in [0.15, 0.2) is 58.3 Å². The van der Waals surface area contributed by atoms with E-state index in [1.54, 1.807) is 0 Å². The molecular weight excluding hydrogens is 414 g/mol. The third-order valence-electron chi connectivity index (χ3n) is 4.69. The molecule has 2 aromatic carbocycles. The molecule has 0 unspecified atom stereocenters. The van der Waals surface area contributed by atoms with Crippen LogP contribution in [0.3, 0.4) is 0 Å². The lowest BCUT2D eigenvalue weighted by Crippen LogP contribution is -2.28. The first-order valence-electron chi connectivity index (χ1n) is 9.06. The zero-order valence-corrected chi connectivity index (χ0v) is 17.8. The molecule has 3 rings (SSSR count). The predicted molar refractivity (Wildman–Crippen MR) is 110 cm³/mol. The minimum Gasteiger partial charge on any atom is -0.322 e. The summed E-state index contributed by atoms with van der Waals surface area (Å²) in [4.78, 5) is 12.8. The van der Waals surface area contributed by atoms with E-state index < -0.39 is 26.0 Å². The average Bonchev–Trinajstić information content (AvgIpc) is 3.24. The number of carbonyl (C=O) groups excluding carboxylic acids is 1. The van der Waals surface area contributed by atoms with Gasteiger partial charge in [-0.05, 0) is 55.3 Å². The Bertz CT molecular complexity index is 1100. The van der Waals surface area contributed by atoms with Gasteiger partial charge in [-0.15, -0.1) is 0 Å². The molecular formula is C19H23N3O5S2. The second kappa shape index (κ2) is 8.23. The van der Waals surface area contributed by atoms with Gasteiger partial charge in [-0.1, -0.05) is 6.07 Å². The number of amides is 1. The van der Waals surface area contributed by atoms with Crippen LogP contribution < -0.4 is 5.32 Å². The van der Waals surface area contributed by atoms with Gasteiger partial charge in [0.15, 0.2) is 0 Å². The van der Waals surface area contributed by atoms with E-state index in [1.165, 1.54) is 66.9 Å². The predicted octanol–water partition coefficient (Wildman–Crippen LogP) is 1.97. The second-order valence-corrected chi connectivity index (χ2v) is 11.0. The van der Waals surface area contributed by atoms with E-state index in [1.807, 2.05) is 0 Å². The van der Waals surface area contributed by atoms with Crippen LogP contribution >= 0.6 is 0 Å². The molecule has 0 bridgehead atoms. The standard InChI is InChI=1S/C19H23N3O5S2/c1-21(2)28(24,25)17-10-8-16(9-11-17)20-19(23)15-6-5-7-18(14-15)29(26,27)22-12-3-4-13-22/h5-11,14H,3-4,12-13H2,1-2H3,(H,20,23). The molecule has 1 amide bonds. The summed E-state index contributed by atoms with van der Waals surface area (Å²) in [7, 11) is -4.29. The Kier molecular flexibility index (Phi) is 6.08. The highest BCUT2D eigenvalue weighted by atomic mass is 32.2. The molecule has 0 aliphatic carbocycles. The molecule has 0 atom stereocenters. The van der Waals surface area contributed by atoms with Gasteiger partial charge in [0.25, 0.3) is 5.91 Å². The normalized spacial score (nSPS) is 15.6. The van der Waals surface area contributed by atoms with Crippen LogP contribution in [0.4, 0.5) is 5.69 Å². The summed E-state index contributed by atoms with van der Waals surface area (Å²) in [6.07, 6.45) is 1.66. The minimum atomic E-state index is -3.62. The molecule has 1 heterocycles. The van der Waals surface area contributed by atoms with Crippen LogP contribution in [-0.2, 0) is 20.0 Å². The van der Waals surface area contributed by atoms with Gasteiger partial charge in [-0.2, -0.15) is 4.31 Å². The number of hydrogen-bond donors (Lipinski definition) is 1. The van der Waals surface area contributed by atoms with Crippen molar-refractivity contribution < 1.29 is 21.6 Å². The van der Waals surface area contributed by atoms with E-state index in [-0.39, 0.29) is 15.4 Å². The molecule has 1 aliphatic heterocycles. The molecule has 1 N–H and O–H groups in total. The van der Waals surface area contributed by atoms with E-state index in [2.05, 4.69) is 5.32 Å². The molecule has 0 aromatic heterocycles. The smallest absolute Gasteiger partial charge is 0.255 e. The Labute approximate surface area is 171 Å². The van der Waals surface area contributed by atoms with Crippen LogP contribution in [0.2, 0.25) is 0 Å². The molecule has 0 radical (unpaired) electrons. The van der Waals surface area contributed by atoms with Crippen molar-refractivity contribution in [3.8, 4) is 0 Å². The lowest BCUT2D eigenvalue weighted by Gasteiger charge is -2.16. The number of sulfonamides is 2. The van der Waals surface area contributed by atoms with Gasteiger partial charge < -0.3 is 5.32 Å². The average molecular weight is 438 g/mol. The third kappa shape index (κ3) is 4.50. The summed E-state index contributed by atoms with van der Waals surface area (Å²) in [5, 5.41) is 2.66. The molecule has 29 heavy (non-hydrogen) atoms. The number of carbonyl (C=O) groups is 1. The van der Waals surface area contributed by atoms with Gasteiger partial charge in [0, 0.05) is 38.4 Å². The summed E-state index contributed by atoms with van der Waals surface area (Å²) in [6.45, 7) is 0.974. The topological polar surface area (TPSA) is 104 Å². The maximum absolute atomic E-state index is 12.7. The van der Waals surface area contributed by atoms with Gasteiger partial charge in [-0.3, -0.25) is 4.79 Å². The van der Waals surface area contributed by atoms with E-state index in [4.69, 9.17) is 0 Å². The Morgan fingerprint density at radius 1 is 0.931 bits per heavy atom. The molecule has 1 fully saturated rings. The van der Waals surface area contributed by atoms with Crippen molar-refractivity contribution in [2.45, 2.75) is 22.6 Å². The SMILES string of the molecule is CN(C)S(=O)(=O)c1ccc(NC(=O)c2cccc(S(=O)(=O)N3CCCC3)c2)cc1. The van der Waals surface area contributed by atoms with E-state index in [0.29, 0.717) is 18.8 Å². The Hall–Kier alpha value is -2.27. The fourth-order valence-corrected chi connectivity index (χ4v) is 5.46. The zero-order chi connectivity index (χ0) is 21.2. The maximum Gasteiger partial charge on any atom is 0.255 e. The number of hydrogen-bond acceptors (Lipinski definition) is 5. The van der Waals surface area contributed by atoms with Crippen LogP contribution in [0, 0.1) is 0 Å². The molecule has 156 valence electrons. The molecule has 2 aromatic rings. The molecule has 1 saturated heterocycles. The highest BCUT2D eigenvalue weighted by molar-refractivity contribution is 7.89. The summed E-state index contributed by atoms with van der Waals surface area (Å²) in [5.74, 6) is -0.480. The van der Waals surface area contributed by atoms with Crippen LogP contribution in [0.25, 0.3) is 0 Å². The largest absolute Gasteiger partial charge is 0.322 e. The Balaban J connectivity index is 1.78. The molecule has 0 saturated carbocycles. The van der Waals surface area contributed by atoms with Gasteiger partial charge in [0.05, 0.1) is 9.79 Å². The number of anilines is 1. The zero-order valence-electron chi connectivity index (χ0n) is 16.2. The molecule has 0 spiro atoms. The summed E-state index contributed by atoms with van der Waals surface area (Å²) in [5.41, 5.74) is 0.607. The lowest BCUT2D eigenvalue weighted by molar-refractivity contribution is 0.102. The first-order chi connectivity index (χ1) is 13.6. The Morgan fingerprint density at radius 3 is 2.14 bits per heavy atom.